The normalized spacial score (nSPS) is 10.9. The fourth-order valence-corrected chi connectivity index (χ4v) is 1.89. The van der Waals surface area contributed by atoms with Crippen LogP contribution in [0.5, 0.6) is 5.75 Å². The number of nitrogens with zero attached hydrogens (tertiary/aromatic N) is 1. The fraction of sp³-hybridized carbons (Fsp3) is 0.412. The predicted octanol–water partition coefficient (Wildman–Crippen LogP) is 2.45. The number of nitrogens with one attached hydrogen (secondary N) is 1. The van der Waals surface area contributed by atoms with Gasteiger partial charge in [-0.3, -0.25) is 4.79 Å². The first-order valence-electron chi connectivity index (χ1n) is 7.24. The lowest BCUT2D eigenvalue weighted by Gasteiger charge is -2.07. The minimum Gasteiger partial charge on any atom is -0.496 e. The number of hydrogen-bond donors (Lipinski definition) is 1. The summed E-state index contributed by atoms with van der Waals surface area (Å²) >= 11 is 0. The van der Waals surface area contributed by atoms with Gasteiger partial charge in [-0.05, 0) is 38.5 Å². The summed E-state index contributed by atoms with van der Waals surface area (Å²) in [5.41, 5.74) is 1.80. The second-order valence-electron chi connectivity index (χ2n) is 4.72. The van der Waals surface area contributed by atoms with Gasteiger partial charge in [0, 0.05) is 25.3 Å². The molecular formula is C17H22N2O3. The van der Waals surface area contributed by atoms with E-state index in [-0.39, 0.29) is 11.5 Å². The quantitative estimate of drug-likeness (QED) is 0.455. The molecule has 1 rings (SSSR count). The van der Waals surface area contributed by atoms with Crippen LogP contribution in [-0.4, -0.2) is 32.8 Å². The van der Waals surface area contributed by atoms with Gasteiger partial charge in [0.25, 0.3) is 5.91 Å². The molecule has 5 nitrogen and oxygen atoms in total. The molecule has 0 saturated carbocycles. The second-order valence-corrected chi connectivity index (χ2v) is 4.72. The van der Waals surface area contributed by atoms with Crippen molar-refractivity contribution in [2.75, 3.05) is 26.9 Å². The van der Waals surface area contributed by atoms with E-state index < -0.39 is 0 Å². The number of amides is 1. The monoisotopic (exact) mass is 302 g/mol. The highest BCUT2D eigenvalue weighted by Gasteiger charge is 2.10. The van der Waals surface area contributed by atoms with Crippen LogP contribution < -0.4 is 10.1 Å². The summed E-state index contributed by atoms with van der Waals surface area (Å²) in [4.78, 5) is 12.0. The van der Waals surface area contributed by atoms with Gasteiger partial charge in [0.05, 0.1) is 7.11 Å². The number of aryl methyl sites for hydroxylation is 1. The number of nitriles is 1. The molecule has 0 saturated heterocycles. The SMILES string of the molecule is CCOCCCNC(=O)/C(C#N)=C/c1cc(C)ccc1OC. The van der Waals surface area contributed by atoms with Crippen molar-refractivity contribution in [3.05, 3.63) is 34.9 Å². The Balaban J connectivity index is 2.76. The molecular weight excluding hydrogens is 280 g/mol. The Bertz CT molecular complexity index is 574. The molecule has 0 radical (unpaired) electrons. The zero-order valence-electron chi connectivity index (χ0n) is 13.3. The molecule has 1 N–H and O–H groups in total. The predicted molar refractivity (Wildman–Crippen MR) is 85.4 cm³/mol. The topological polar surface area (TPSA) is 71.3 Å². The first kappa shape index (κ1) is 17.7. The average molecular weight is 302 g/mol. The third kappa shape index (κ3) is 5.58. The fourth-order valence-electron chi connectivity index (χ4n) is 1.89. The van der Waals surface area contributed by atoms with Gasteiger partial charge in [0.1, 0.15) is 17.4 Å². The van der Waals surface area contributed by atoms with Crippen molar-refractivity contribution in [2.45, 2.75) is 20.3 Å². The second kappa shape index (κ2) is 9.59. The van der Waals surface area contributed by atoms with E-state index in [1.54, 1.807) is 13.2 Å². The van der Waals surface area contributed by atoms with E-state index in [2.05, 4.69) is 5.32 Å². The largest absolute Gasteiger partial charge is 0.496 e. The summed E-state index contributed by atoms with van der Waals surface area (Å²) in [6, 6.07) is 7.54. The average Bonchev–Trinajstić information content (AvgIpc) is 2.52. The van der Waals surface area contributed by atoms with E-state index in [4.69, 9.17) is 9.47 Å². The first-order valence-corrected chi connectivity index (χ1v) is 7.24. The van der Waals surface area contributed by atoms with Crippen molar-refractivity contribution in [3.63, 3.8) is 0 Å². The zero-order valence-corrected chi connectivity index (χ0v) is 13.3. The van der Waals surface area contributed by atoms with E-state index in [0.29, 0.717) is 37.5 Å². The Morgan fingerprint density at radius 2 is 2.23 bits per heavy atom. The minimum absolute atomic E-state index is 0.0558. The number of ether oxygens (including phenoxy) is 2. The third-order valence-corrected chi connectivity index (χ3v) is 3.01. The van der Waals surface area contributed by atoms with Crippen LogP contribution in [0.15, 0.2) is 23.8 Å². The van der Waals surface area contributed by atoms with Crippen LogP contribution in [0, 0.1) is 18.3 Å². The van der Waals surface area contributed by atoms with Crippen molar-refractivity contribution in [2.24, 2.45) is 0 Å². The van der Waals surface area contributed by atoms with E-state index >= 15 is 0 Å². The van der Waals surface area contributed by atoms with E-state index in [0.717, 1.165) is 5.56 Å². The van der Waals surface area contributed by atoms with Crippen molar-refractivity contribution >= 4 is 12.0 Å². The Morgan fingerprint density at radius 1 is 1.45 bits per heavy atom. The molecule has 0 aliphatic rings. The van der Waals surface area contributed by atoms with Gasteiger partial charge in [0.2, 0.25) is 0 Å². The van der Waals surface area contributed by atoms with Crippen molar-refractivity contribution in [3.8, 4) is 11.8 Å². The van der Waals surface area contributed by atoms with E-state index in [1.165, 1.54) is 0 Å². The zero-order chi connectivity index (χ0) is 16.4. The van der Waals surface area contributed by atoms with Crippen LogP contribution in [0.4, 0.5) is 0 Å². The Kier molecular flexibility index (Phi) is 7.73. The number of benzene rings is 1. The Morgan fingerprint density at radius 3 is 2.86 bits per heavy atom. The molecule has 1 aromatic carbocycles. The highest BCUT2D eigenvalue weighted by atomic mass is 16.5. The first-order chi connectivity index (χ1) is 10.6. The molecule has 0 spiro atoms. The van der Waals surface area contributed by atoms with Crippen molar-refractivity contribution in [1.29, 1.82) is 5.26 Å². The van der Waals surface area contributed by atoms with Crippen molar-refractivity contribution in [1.82, 2.24) is 5.32 Å². The molecule has 0 aliphatic carbocycles. The summed E-state index contributed by atoms with van der Waals surface area (Å²) in [6.07, 6.45) is 2.26. The van der Waals surface area contributed by atoms with Gasteiger partial charge < -0.3 is 14.8 Å². The highest BCUT2D eigenvalue weighted by Crippen LogP contribution is 2.22. The van der Waals surface area contributed by atoms with E-state index in [1.807, 2.05) is 38.1 Å². The van der Waals surface area contributed by atoms with Crippen LogP contribution in [0.25, 0.3) is 6.08 Å². The maximum absolute atomic E-state index is 12.0. The number of carbonyl (C=O) groups excluding carboxylic acids is 1. The van der Waals surface area contributed by atoms with Crippen LogP contribution in [0.1, 0.15) is 24.5 Å². The van der Waals surface area contributed by atoms with Gasteiger partial charge in [-0.2, -0.15) is 5.26 Å². The van der Waals surface area contributed by atoms with Gasteiger partial charge in [0.15, 0.2) is 0 Å². The molecule has 5 heteroatoms. The maximum atomic E-state index is 12.0. The van der Waals surface area contributed by atoms with Crippen LogP contribution in [0.2, 0.25) is 0 Å². The molecule has 0 heterocycles. The standard InChI is InChI=1S/C17H22N2O3/c1-4-22-9-5-8-19-17(20)15(12-18)11-14-10-13(2)6-7-16(14)21-3/h6-7,10-11H,4-5,8-9H2,1-3H3,(H,19,20)/b15-11+. The number of rotatable bonds is 8. The molecule has 0 fully saturated rings. The van der Waals surface area contributed by atoms with E-state index in [9.17, 15) is 10.1 Å². The summed E-state index contributed by atoms with van der Waals surface area (Å²) < 4.78 is 10.4. The number of methoxy groups -OCH3 is 1. The molecule has 1 aromatic rings. The molecule has 0 unspecified atom stereocenters. The summed E-state index contributed by atoms with van der Waals surface area (Å²) in [5.74, 6) is 0.241. The molecule has 22 heavy (non-hydrogen) atoms. The van der Waals surface area contributed by atoms with Crippen molar-refractivity contribution < 1.29 is 14.3 Å². The molecule has 118 valence electrons. The number of carbonyl (C=O) groups is 1. The lowest BCUT2D eigenvalue weighted by molar-refractivity contribution is -0.117. The van der Waals surface area contributed by atoms with Crippen LogP contribution in [-0.2, 0) is 9.53 Å². The molecule has 0 bridgehead atoms. The van der Waals surface area contributed by atoms with Gasteiger partial charge in [-0.15, -0.1) is 0 Å². The summed E-state index contributed by atoms with van der Waals surface area (Å²) in [7, 11) is 1.56. The number of hydrogen-bond acceptors (Lipinski definition) is 4. The van der Waals surface area contributed by atoms with Gasteiger partial charge in [-0.1, -0.05) is 11.6 Å². The van der Waals surface area contributed by atoms with Crippen LogP contribution >= 0.6 is 0 Å². The van der Waals surface area contributed by atoms with Gasteiger partial charge in [-0.25, -0.2) is 0 Å². The minimum atomic E-state index is -0.387. The smallest absolute Gasteiger partial charge is 0.261 e. The molecule has 0 aromatic heterocycles. The molecule has 0 atom stereocenters. The molecule has 1 amide bonds. The Labute approximate surface area is 131 Å². The summed E-state index contributed by atoms with van der Waals surface area (Å²) in [5, 5.41) is 11.9. The highest BCUT2D eigenvalue weighted by molar-refractivity contribution is 6.01. The molecule has 0 aliphatic heterocycles. The van der Waals surface area contributed by atoms with Gasteiger partial charge >= 0.3 is 0 Å². The summed E-state index contributed by atoms with van der Waals surface area (Å²) in [6.45, 7) is 5.59. The third-order valence-electron chi connectivity index (χ3n) is 3.01. The lowest BCUT2D eigenvalue weighted by atomic mass is 10.1. The maximum Gasteiger partial charge on any atom is 0.261 e. The Hall–Kier alpha value is -2.32. The lowest BCUT2D eigenvalue weighted by Crippen LogP contribution is -2.26. The van der Waals surface area contributed by atoms with Crippen LogP contribution in [0.3, 0.4) is 0 Å².